The molecular formula is C28H44ClN3O3. The minimum absolute atomic E-state index is 0. The number of nitrogens with zero attached hydrogens (tertiary/aromatic N) is 3. The first-order valence-electron chi connectivity index (χ1n) is 13.9. The van der Waals surface area contributed by atoms with Gasteiger partial charge in [-0.25, -0.2) is 0 Å². The number of piperidine rings is 1. The van der Waals surface area contributed by atoms with Crippen molar-refractivity contribution in [3.63, 3.8) is 0 Å². The average molecular weight is 506 g/mol. The Hall–Kier alpha value is -1.34. The van der Waals surface area contributed by atoms with Gasteiger partial charge in [0.25, 0.3) is 0 Å². The molecule has 4 aliphatic rings. The summed E-state index contributed by atoms with van der Waals surface area (Å²) in [7, 11) is 0. The van der Waals surface area contributed by atoms with E-state index < -0.39 is 5.54 Å². The van der Waals surface area contributed by atoms with Crippen LogP contribution in [0.4, 0.5) is 5.69 Å². The number of benzene rings is 1. The Kier molecular flexibility index (Phi) is 9.74. The van der Waals surface area contributed by atoms with Gasteiger partial charge in [-0.1, -0.05) is 63.1 Å². The fourth-order valence-corrected chi connectivity index (χ4v) is 6.62. The predicted octanol–water partition coefficient (Wildman–Crippen LogP) is 5.21. The van der Waals surface area contributed by atoms with Crippen LogP contribution < -0.4 is 4.90 Å². The number of carbonyl (C=O) groups is 1. The van der Waals surface area contributed by atoms with E-state index in [9.17, 15) is 4.79 Å². The van der Waals surface area contributed by atoms with E-state index in [2.05, 4.69) is 45.0 Å². The van der Waals surface area contributed by atoms with Gasteiger partial charge >= 0.3 is 0 Å². The normalized spacial score (nSPS) is 25.2. The number of ether oxygens (including phenoxy) is 2. The summed E-state index contributed by atoms with van der Waals surface area (Å²) in [6.45, 7) is 4.75. The second kappa shape index (κ2) is 12.8. The largest absolute Gasteiger partial charge is 0.350 e. The predicted molar refractivity (Wildman–Crippen MR) is 142 cm³/mol. The van der Waals surface area contributed by atoms with E-state index in [0.29, 0.717) is 38.4 Å². The van der Waals surface area contributed by atoms with Crippen molar-refractivity contribution in [2.45, 2.75) is 94.9 Å². The molecule has 1 aromatic rings. The van der Waals surface area contributed by atoms with E-state index in [0.717, 1.165) is 32.4 Å². The van der Waals surface area contributed by atoms with Crippen LogP contribution in [0.15, 0.2) is 30.3 Å². The van der Waals surface area contributed by atoms with Crippen LogP contribution in [-0.2, 0) is 14.3 Å². The standard InChI is InChI=1S/C28H43N3O3.ClH/c32-27-28(16-19-29(20-17-28)24-11-7-4-2-1-3-5-8-12-24)31(25-13-9-6-10-14-25)23-30(27)18-15-26-33-21-22-34-26;/h6,9-10,13-14,24,26H,1-5,7-8,11-12,15-23H2;1H. The lowest BCUT2D eigenvalue weighted by molar-refractivity contribution is -0.134. The summed E-state index contributed by atoms with van der Waals surface area (Å²) < 4.78 is 11.3. The smallest absolute Gasteiger partial charge is 0.250 e. The van der Waals surface area contributed by atoms with Crippen molar-refractivity contribution in [2.75, 3.05) is 44.4 Å². The summed E-state index contributed by atoms with van der Waals surface area (Å²) in [6, 6.07) is 11.3. The summed E-state index contributed by atoms with van der Waals surface area (Å²) in [5, 5.41) is 0. The molecule has 1 spiro atoms. The van der Waals surface area contributed by atoms with Crippen LogP contribution in [0.5, 0.6) is 0 Å². The fraction of sp³-hybridized carbons (Fsp3) is 0.750. The Labute approximate surface area is 217 Å². The van der Waals surface area contributed by atoms with E-state index in [4.69, 9.17) is 9.47 Å². The molecule has 1 aliphatic carbocycles. The molecular weight excluding hydrogens is 462 g/mol. The van der Waals surface area contributed by atoms with Gasteiger partial charge in [0.2, 0.25) is 5.91 Å². The van der Waals surface area contributed by atoms with E-state index in [1.165, 1.54) is 63.5 Å². The molecule has 0 radical (unpaired) electrons. The topological polar surface area (TPSA) is 45.3 Å². The van der Waals surface area contributed by atoms with Crippen molar-refractivity contribution in [1.29, 1.82) is 0 Å². The van der Waals surface area contributed by atoms with E-state index >= 15 is 0 Å². The molecule has 196 valence electrons. The fourth-order valence-electron chi connectivity index (χ4n) is 6.62. The molecule has 0 atom stereocenters. The van der Waals surface area contributed by atoms with Gasteiger partial charge < -0.3 is 24.2 Å². The Morgan fingerprint density at radius 3 is 2.09 bits per heavy atom. The van der Waals surface area contributed by atoms with Crippen LogP contribution in [0, 0.1) is 0 Å². The first-order valence-corrected chi connectivity index (χ1v) is 13.9. The van der Waals surface area contributed by atoms with Gasteiger partial charge in [-0.2, -0.15) is 0 Å². The summed E-state index contributed by atoms with van der Waals surface area (Å²) in [5.41, 5.74) is 0.754. The van der Waals surface area contributed by atoms with Crippen molar-refractivity contribution in [3.05, 3.63) is 30.3 Å². The molecule has 3 aliphatic heterocycles. The van der Waals surface area contributed by atoms with E-state index in [1.54, 1.807) is 0 Å². The number of carbonyl (C=O) groups excluding carboxylic acids is 1. The van der Waals surface area contributed by atoms with E-state index in [1.807, 2.05) is 0 Å². The van der Waals surface area contributed by atoms with Gasteiger partial charge in [-0.3, -0.25) is 4.79 Å². The maximum Gasteiger partial charge on any atom is 0.250 e. The van der Waals surface area contributed by atoms with Crippen LogP contribution in [0.2, 0.25) is 0 Å². The maximum absolute atomic E-state index is 13.9. The molecule has 0 N–H and O–H groups in total. The molecule has 1 saturated carbocycles. The number of hydrogen-bond acceptors (Lipinski definition) is 5. The summed E-state index contributed by atoms with van der Waals surface area (Å²) in [4.78, 5) is 21.1. The van der Waals surface area contributed by atoms with Gasteiger partial charge in [0, 0.05) is 37.8 Å². The van der Waals surface area contributed by atoms with Gasteiger partial charge in [-0.15, -0.1) is 12.4 Å². The molecule has 0 aromatic heterocycles. The number of para-hydroxylation sites is 1. The zero-order valence-electron chi connectivity index (χ0n) is 21.2. The first kappa shape index (κ1) is 26.7. The monoisotopic (exact) mass is 505 g/mol. The van der Waals surface area contributed by atoms with E-state index in [-0.39, 0.29) is 18.7 Å². The van der Waals surface area contributed by atoms with Crippen LogP contribution in [0.1, 0.15) is 77.0 Å². The number of halogens is 1. The highest BCUT2D eigenvalue weighted by Gasteiger charge is 2.54. The molecule has 6 nitrogen and oxygen atoms in total. The zero-order valence-corrected chi connectivity index (χ0v) is 22.1. The first-order chi connectivity index (χ1) is 16.8. The second-order valence-electron chi connectivity index (χ2n) is 10.7. The molecule has 3 saturated heterocycles. The zero-order chi connectivity index (χ0) is 23.2. The van der Waals surface area contributed by atoms with Crippen LogP contribution >= 0.6 is 12.4 Å². The van der Waals surface area contributed by atoms with Crippen molar-refractivity contribution in [1.82, 2.24) is 9.80 Å². The summed E-state index contributed by atoms with van der Waals surface area (Å²) in [5.74, 6) is 0.306. The molecule has 7 heteroatoms. The molecule has 5 rings (SSSR count). The lowest BCUT2D eigenvalue weighted by atomic mass is 9.84. The van der Waals surface area contributed by atoms with Crippen molar-refractivity contribution >= 4 is 24.0 Å². The van der Waals surface area contributed by atoms with Crippen molar-refractivity contribution < 1.29 is 14.3 Å². The Morgan fingerprint density at radius 1 is 0.857 bits per heavy atom. The summed E-state index contributed by atoms with van der Waals surface area (Å²) in [6.07, 6.45) is 14.8. The van der Waals surface area contributed by atoms with Gasteiger partial charge in [0.15, 0.2) is 6.29 Å². The summed E-state index contributed by atoms with van der Waals surface area (Å²) >= 11 is 0. The highest BCUT2D eigenvalue weighted by Crippen LogP contribution is 2.40. The maximum atomic E-state index is 13.9. The number of amides is 1. The molecule has 4 fully saturated rings. The Morgan fingerprint density at radius 2 is 1.46 bits per heavy atom. The second-order valence-corrected chi connectivity index (χ2v) is 10.7. The molecule has 0 bridgehead atoms. The Balaban J connectivity index is 0.00000289. The van der Waals surface area contributed by atoms with Crippen LogP contribution in [0.3, 0.4) is 0 Å². The Bertz CT molecular complexity index is 771. The molecule has 3 heterocycles. The number of likely N-dealkylation sites (tertiary alicyclic amines) is 1. The van der Waals surface area contributed by atoms with Gasteiger partial charge in [0.1, 0.15) is 5.54 Å². The minimum atomic E-state index is -0.411. The van der Waals surface area contributed by atoms with Crippen molar-refractivity contribution in [2.24, 2.45) is 0 Å². The quantitative estimate of drug-likeness (QED) is 0.550. The van der Waals surface area contributed by atoms with Crippen LogP contribution in [0.25, 0.3) is 0 Å². The number of rotatable bonds is 5. The number of anilines is 1. The van der Waals surface area contributed by atoms with Crippen molar-refractivity contribution in [3.8, 4) is 0 Å². The average Bonchev–Trinajstić information content (AvgIpc) is 3.50. The lowest BCUT2D eigenvalue weighted by Gasteiger charge is -2.45. The number of hydrogen-bond donors (Lipinski definition) is 0. The third kappa shape index (κ3) is 6.15. The lowest BCUT2D eigenvalue weighted by Crippen LogP contribution is -2.58. The third-order valence-electron chi connectivity index (χ3n) is 8.62. The highest BCUT2D eigenvalue weighted by molar-refractivity contribution is 5.93. The SMILES string of the molecule is Cl.O=C1N(CCC2OCCO2)CN(c2ccccc2)C12CCN(C1CCCCCCCCC1)CC2. The molecule has 1 amide bonds. The van der Waals surface area contributed by atoms with Gasteiger partial charge in [-0.05, 0) is 37.8 Å². The molecule has 0 unspecified atom stereocenters. The highest BCUT2D eigenvalue weighted by atomic mass is 35.5. The minimum Gasteiger partial charge on any atom is -0.350 e. The third-order valence-corrected chi connectivity index (χ3v) is 8.62. The van der Waals surface area contributed by atoms with Crippen LogP contribution in [-0.4, -0.2) is 73.1 Å². The molecule has 1 aromatic carbocycles. The molecule has 35 heavy (non-hydrogen) atoms. The van der Waals surface area contributed by atoms with Gasteiger partial charge in [0.05, 0.1) is 19.9 Å².